The summed E-state index contributed by atoms with van der Waals surface area (Å²) in [5, 5.41) is 6.77. The number of unbranched alkanes of at least 4 members (excludes halogenated alkanes) is 3. The molecule has 0 unspecified atom stereocenters. The highest BCUT2D eigenvalue weighted by atomic mass is 16.5. The number of benzene rings is 2. The first-order valence-corrected chi connectivity index (χ1v) is 9.76. The molecule has 2 heterocycles. The van der Waals surface area contributed by atoms with Crippen LogP contribution >= 0.6 is 0 Å². The van der Waals surface area contributed by atoms with Crippen LogP contribution in [0.25, 0.3) is 21.9 Å². The molecule has 4 rings (SSSR count). The Morgan fingerprint density at radius 1 is 0.889 bits per heavy atom. The summed E-state index contributed by atoms with van der Waals surface area (Å²) in [6, 6.07) is 16.3. The van der Waals surface area contributed by atoms with Crippen molar-refractivity contribution in [2.24, 2.45) is 0 Å². The van der Waals surface area contributed by atoms with E-state index >= 15 is 0 Å². The van der Waals surface area contributed by atoms with E-state index < -0.39 is 0 Å². The monoisotopic (exact) mass is 362 g/mol. The van der Waals surface area contributed by atoms with Crippen LogP contribution in [-0.4, -0.2) is 16.4 Å². The van der Waals surface area contributed by atoms with E-state index in [2.05, 4.69) is 34.9 Å². The number of furan rings is 1. The van der Waals surface area contributed by atoms with Crippen molar-refractivity contribution >= 4 is 21.9 Å². The maximum absolute atomic E-state index is 5.96. The quantitative estimate of drug-likeness (QED) is 0.359. The maximum atomic E-state index is 5.96. The van der Waals surface area contributed by atoms with Crippen LogP contribution < -0.4 is 4.74 Å². The van der Waals surface area contributed by atoms with Crippen LogP contribution in [-0.2, 0) is 6.54 Å². The Kier molecular flexibility index (Phi) is 5.14. The minimum atomic E-state index is 0.751. The van der Waals surface area contributed by atoms with Gasteiger partial charge in [0.05, 0.1) is 12.3 Å². The predicted octanol–water partition coefficient (Wildman–Crippen LogP) is 6.04. The number of para-hydroxylation sites is 1. The van der Waals surface area contributed by atoms with Crippen molar-refractivity contribution in [2.45, 2.75) is 46.1 Å². The van der Waals surface area contributed by atoms with Gasteiger partial charge >= 0.3 is 0 Å². The molecule has 0 aliphatic carbocycles. The van der Waals surface area contributed by atoms with Crippen molar-refractivity contribution in [1.29, 1.82) is 0 Å². The van der Waals surface area contributed by atoms with E-state index in [1.807, 2.05) is 37.3 Å². The van der Waals surface area contributed by atoms with Crippen molar-refractivity contribution in [1.82, 2.24) is 9.78 Å². The second-order valence-corrected chi connectivity index (χ2v) is 7.17. The molecule has 0 fully saturated rings. The highest BCUT2D eigenvalue weighted by Gasteiger charge is 2.07. The molecule has 0 spiro atoms. The number of ether oxygens (including phenoxy) is 1. The zero-order chi connectivity index (χ0) is 18.6. The number of rotatable bonds is 8. The number of hydrogen-bond donors (Lipinski definition) is 0. The Morgan fingerprint density at radius 3 is 2.56 bits per heavy atom. The number of nitrogens with zero attached hydrogens (tertiary/aromatic N) is 2. The van der Waals surface area contributed by atoms with Gasteiger partial charge in [0.15, 0.2) is 0 Å². The summed E-state index contributed by atoms with van der Waals surface area (Å²) in [7, 11) is 0. The third-order valence-corrected chi connectivity index (χ3v) is 4.98. The van der Waals surface area contributed by atoms with E-state index in [1.54, 1.807) is 0 Å². The fourth-order valence-corrected chi connectivity index (χ4v) is 3.60. The van der Waals surface area contributed by atoms with Gasteiger partial charge in [-0.05, 0) is 63.4 Å². The number of hydrogen-bond acceptors (Lipinski definition) is 3. The summed E-state index contributed by atoms with van der Waals surface area (Å²) in [5.41, 5.74) is 4.18. The number of aromatic nitrogens is 2. The smallest absolute Gasteiger partial charge is 0.135 e. The second-order valence-electron chi connectivity index (χ2n) is 7.17. The largest absolute Gasteiger partial charge is 0.494 e. The molecule has 4 aromatic rings. The number of aryl methyl sites for hydroxylation is 3. The summed E-state index contributed by atoms with van der Waals surface area (Å²) in [6.45, 7) is 5.92. The van der Waals surface area contributed by atoms with Crippen molar-refractivity contribution in [3.63, 3.8) is 0 Å². The minimum absolute atomic E-state index is 0.751. The van der Waals surface area contributed by atoms with Crippen molar-refractivity contribution in [2.75, 3.05) is 6.61 Å². The molecule has 0 N–H and O–H groups in total. The third kappa shape index (κ3) is 4.00. The molecular formula is C23H26N2O2. The summed E-state index contributed by atoms with van der Waals surface area (Å²) < 4.78 is 13.9. The van der Waals surface area contributed by atoms with Gasteiger partial charge in [-0.25, -0.2) is 0 Å². The van der Waals surface area contributed by atoms with Crippen molar-refractivity contribution < 1.29 is 9.15 Å². The van der Waals surface area contributed by atoms with Gasteiger partial charge in [-0.3, -0.25) is 4.68 Å². The Bertz CT molecular complexity index is 1050. The van der Waals surface area contributed by atoms with Crippen LogP contribution in [0.5, 0.6) is 5.75 Å². The van der Waals surface area contributed by atoms with Crippen LogP contribution in [0.4, 0.5) is 0 Å². The average Bonchev–Trinajstić information content (AvgIpc) is 3.19. The summed E-state index contributed by atoms with van der Waals surface area (Å²) in [4.78, 5) is 0. The van der Waals surface area contributed by atoms with Gasteiger partial charge in [0.2, 0.25) is 0 Å². The standard InChI is InChI=1S/C23H26N2O2/c1-17-15-18(2)25(24-17)13-7-3-4-8-14-26-19-11-12-23-21(16-19)20-9-5-6-10-22(20)27-23/h5-6,9-12,15-16H,3-4,7-8,13-14H2,1-2H3. The van der Waals surface area contributed by atoms with Crippen LogP contribution in [0, 0.1) is 13.8 Å². The van der Waals surface area contributed by atoms with Crippen LogP contribution in [0.1, 0.15) is 37.1 Å². The van der Waals surface area contributed by atoms with Gasteiger partial charge in [0.25, 0.3) is 0 Å². The normalized spacial score (nSPS) is 11.5. The molecule has 0 bridgehead atoms. The summed E-state index contributed by atoms with van der Waals surface area (Å²) in [6.07, 6.45) is 4.61. The molecule has 4 heteroatoms. The minimum Gasteiger partial charge on any atom is -0.494 e. The Hall–Kier alpha value is -2.75. The van der Waals surface area contributed by atoms with E-state index in [0.717, 1.165) is 59.4 Å². The first-order valence-electron chi connectivity index (χ1n) is 9.76. The summed E-state index contributed by atoms with van der Waals surface area (Å²) in [5.74, 6) is 0.914. The third-order valence-electron chi connectivity index (χ3n) is 4.98. The predicted molar refractivity (Wildman–Crippen MR) is 109 cm³/mol. The zero-order valence-corrected chi connectivity index (χ0v) is 16.1. The lowest BCUT2D eigenvalue weighted by Crippen LogP contribution is -2.03. The van der Waals surface area contributed by atoms with Gasteiger partial charge in [0.1, 0.15) is 16.9 Å². The highest BCUT2D eigenvalue weighted by Crippen LogP contribution is 2.31. The fraction of sp³-hybridized carbons (Fsp3) is 0.348. The van der Waals surface area contributed by atoms with E-state index in [1.165, 1.54) is 18.5 Å². The van der Waals surface area contributed by atoms with Gasteiger partial charge in [-0.2, -0.15) is 5.10 Å². The Balaban J connectivity index is 1.23. The van der Waals surface area contributed by atoms with Crippen LogP contribution in [0.15, 0.2) is 52.9 Å². The molecule has 0 aliphatic rings. The molecule has 2 aromatic heterocycles. The Labute approximate surface area is 159 Å². The SMILES string of the molecule is Cc1cc(C)n(CCCCCCOc2ccc3oc4ccccc4c3c2)n1. The molecule has 0 radical (unpaired) electrons. The van der Waals surface area contributed by atoms with E-state index in [0.29, 0.717) is 0 Å². The lowest BCUT2D eigenvalue weighted by Gasteiger charge is -2.07. The van der Waals surface area contributed by atoms with Crippen molar-refractivity contribution in [3.8, 4) is 5.75 Å². The lowest BCUT2D eigenvalue weighted by molar-refractivity contribution is 0.304. The summed E-state index contributed by atoms with van der Waals surface area (Å²) >= 11 is 0. The fourth-order valence-electron chi connectivity index (χ4n) is 3.60. The van der Waals surface area contributed by atoms with Gasteiger partial charge < -0.3 is 9.15 Å². The average molecular weight is 362 g/mol. The van der Waals surface area contributed by atoms with Gasteiger partial charge in [0, 0.05) is 23.0 Å². The molecule has 0 saturated heterocycles. The van der Waals surface area contributed by atoms with Gasteiger partial charge in [-0.1, -0.05) is 24.6 Å². The number of fused-ring (bicyclic) bond motifs is 3. The molecular weight excluding hydrogens is 336 g/mol. The van der Waals surface area contributed by atoms with Crippen molar-refractivity contribution in [3.05, 3.63) is 59.9 Å². The zero-order valence-electron chi connectivity index (χ0n) is 16.1. The Morgan fingerprint density at radius 2 is 1.70 bits per heavy atom. The van der Waals surface area contributed by atoms with E-state index in [4.69, 9.17) is 9.15 Å². The second kappa shape index (κ2) is 7.87. The maximum Gasteiger partial charge on any atom is 0.135 e. The molecule has 0 aliphatic heterocycles. The molecule has 27 heavy (non-hydrogen) atoms. The topological polar surface area (TPSA) is 40.2 Å². The molecule has 0 amide bonds. The molecule has 4 nitrogen and oxygen atoms in total. The van der Waals surface area contributed by atoms with Crippen LogP contribution in [0.2, 0.25) is 0 Å². The van der Waals surface area contributed by atoms with Gasteiger partial charge in [-0.15, -0.1) is 0 Å². The van der Waals surface area contributed by atoms with Crippen LogP contribution in [0.3, 0.4) is 0 Å². The molecule has 0 saturated carbocycles. The highest BCUT2D eigenvalue weighted by molar-refractivity contribution is 6.05. The molecule has 0 atom stereocenters. The molecule has 2 aromatic carbocycles. The van der Waals surface area contributed by atoms with E-state index in [-0.39, 0.29) is 0 Å². The first kappa shape index (κ1) is 17.7. The van der Waals surface area contributed by atoms with E-state index in [9.17, 15) is 0 Å². The molecule has 140 valence electrons. The first-order chi connectivity index (χ1) is 13.2. The lowest BCUT2D eigenvalue weighted by atomic mass is 10.1.